The molecule has 0 aromatic carbocycles. The highest BCUT2D eigenvalue weighted by Gasteiger charge is 2.26. The third kappa shape index (κ3) is 5.06. The molecular weight excluding hydrogens is 248 g/mol. The molecule has 0 aromatic rings. The van der Waals surface area contributed by atoms with Crippen molar-refractivity contribution in [2.75, 3.05) is 20.3 Å². The lowest BCUT2D eigenvalue weighted by Gasteiger charge is -2.28. The molecule has 2 N–H and O–H groups in total. The number of carbonyl (C=O) groups excluding carboxylic acids is 1. The normalized spacial score (nSPS) is 21.6. The van der Waals surface area contributed by atoms with Crippen molar-refractivity contribution in [1.82, 2.24) is 10.2 Å². The molecular formula is C13H24N2O4. The van der Waals surface area contributed by atoms with E-state index in [2.05, 4.69) is 5.32 Å². The molecule has 1 heterocycles. The summed E-state index contributed by atoms with van der Waals surface area (Å²) in [6.45, 7) is 3.02. The first kappa shape index (κ1) is 15.8. The van der Waals surface area contributed by atoms with Crippen LogP contribution in [0.5, 0.6) is 0 Å². The zero-order valence-corrected chi connectivity index (χ0v) is 11.7. The predicted molar refractivity (Wildman–Crippen MR) is 71.1 cm³/mol. The molecule has 1 fully saturated rings. The lowest BCUT2D eigenvalue weighted by Crippen LogP contribution is -2.50. The fourth-order valence-corrected chi connectivity index (χ4v) is 2.30. The Bertz CT molecular complexity index is 309. The zero-order valence-electron chi connectivity index (χ0n) is 11.7. The fourth-order valence-electron chi connectivity index (χ4n) is 2.30. The quantitative estimate of drug-likeness (QED) is 0.794. The maximum Gasteiger partial charge on any atom is 0.326 e. The SMILES string of the molecule is COCCC(NC(=O)N1CCCCCC1C)C(=O)O. The number of aliphatic carboxylic acids is 1. The largest absolute Gasteiger partial charge is 0.480 e. The van der Waals surface area contributed by atoms with Crippen molar-refractivity contribution in [3.05, 3.63) is 0 Å². The van der Waals surface area contributed by atoms with Gasteiger partial charge in [-0.15, -0.1) is 0 Å². The third-order valence-corrected chi connectivity index (χ3v) is 3.52. The van der Waals surface area contributed by atoms with Crippen molar-refractivity contribution in [2.24, 2.45) is 0 Å². The molecule has 6 heteroatoms. The number of hydrogen-bond donors (Lipinski definition) is 2. The van der Waals surface area contributed by atoms with Crippen molar-refractivity contribution in [3.8, 4) is 0 Å². The van der Waals surface area contributed by atoms with Crippen LogP contribution in [-0.2, 0) is 9.53 Å². The number of amides is 2. The van der Waals surface area contributed by atoms with E-state index < -0.39 is 12.0 Å². The molecule has 0 bridgehead atoms. The van der Waals surface area contributed by atoms with E-state index in [-0.39, 0.29) is 18.5 Å². The Labute approximate surface area is 114 Å². The lowest BCUT2D eigenvalue weighted by atomic mass is 10.1. The molecule has 19 heavy (non-hydrogen) atoms. The Morgan fingerprint density at radius 2 is 2.16 bits per heavy atom. The Kier molecular flexibility index (Phi) is 6.62. The van der Waals surface area contributed by atoms with E-state index in [1.54, 1.807) is 4.90 Å². The van der Waals surface area contributed by atoms with E-state index in [1.165, 1.54) is 7.11 Å². The molecule has 1 saturated heterocycles. The number of nitrogens with one attached hydrogen (secondary N) is 1. The van der Waals surface area contributed by atoms with Crippen molar-refractivity contribution < 1.29 is 19.4 Å². The molecule has 1 aliphatic rings. The van der Waals surface area contributed by atoms with Gasteiger partial charge in [0, 0.05) is 32.7 Å². The van der Waals surface area contributed by atoms with Gasteiger partial charge in [0.2, 0.25) is 0 Å². The minimum atomic E-state index is -1.02. The van der Waals surface area contributed by atoms with Crippen LogP contribution >= 0.6 is 0 Å². The van der Waals surface area contributed by atoms with Gasteiger partial charge in [0.05, 0.1) is 0 Å². The molecule has 1 aliphatic heterocycles. The van der Waals surface area contributed by atoms with Gasteiger partial charge < -0.3 is 20.1 Å². The first-order chi connectivity index (χ1) is 9.06. The summed E-state index contributed by atoms with van der Waals surface area (Å²) in [5.41, 5.74) is 0. The van der Waals surface area contributed by atoms with E-state index in [1.807, 2.05) is 6.92 Å². The first-order valence-electron chi connectivity index (χ1n) is 6.85. The van der Waals surface area contributed by atoms with Crippen molar-refractivity contribution in [1.29, 1.82) is 0 Å². The van der Waals surface area contributed by atoms with Gasteiger partial charge in [-0.1, -0.05) is 12.8 Å². The van der Waals surface area contributed by atoms with Gasteiger partial charge in [-0.3, -0.25) is 0 Å². The molecule has 0 saturated carbocycles. The monoisotopic (exact) mass is 272 g/mol. The van der Waals surface area contributed by atoms with Crippen molar-refractivity contribution >= 4 is 12.0 Å². The highest BCUT2D eigenvalue weighted by atomic mass is 16.5. The van der Waals surface area contributed by atoms with E-state index in [0.29, 0.717) is 13.2 Å². The zero-order chi connectivity index (χ0) is 14.3. The Morgan fingerprint density at radius 1 is 1.42 bits per heavy atom. The summed E-state index contributed by atoms with van der Waals surface area (Å²) in [6.07, 6.45) is 4.48. The molecule has 0 aromatic heterocycles. The van der Waals surface area contributed by atoms with Gasteiger partial charge in [-0.05, 0) is 19.8 Å². The Hall–Kier alpha value is -1.30. The van der Waals surface area contributed by atoms with Gasteiger partial charge in [-0.25, -0.2) is 9.59 Å². The number of likely N-dealkylation sites (tertiary alicyclic amines) is 1. The van der Waals surface area contributed by atoms with Gasteiger partial charge >= 0.3 is 12.0 Å². The highest BCUT2D eigenvalue weighted by Crippen LogP contribution is 2.16. The van der Waals surface area contributed by atoms with Crippen LogP contribution in [0.15, 0.2) is 0 Å². The third-order valence-electron chi connectivity index (χ3n) is 3.52. The molecule has 2 atom stereocenters. The maximum atomic E-state index is 12.1. The second-order valence-electron chi connectivity index (χ2n) is 5.01. The standard InChI is InChI=1S/C13H24N2O4/c1-10-6-4-3-5-8-15(10)13(18)14-11(12(16)17)7-9-19-2/h10-11H,3-9H2,1-2H3,(H,14,18)(H,16,17). The number of rotatable bonds is 5. The van der Waals surface area contributed by atoms with Crippen molar-refractivity contribution in [2.45, 2.75) is 51.1 Å². The van der Waals surface area contributed by atoms with Crippen LogP contribution in [0.25, 0.3) is 0 Å². The number of carboxylic acid groups (broad SMARTS) is 1. The number of carboxylic acids is 1. The van der Waals surface area contributed by atoms with Crippen LogP contribution < -0.4 is 5.32 Å². The van der Waals surface area contributed by atoms with E-state index >= 15 is 0 Å². The van der Waals surface area contributed by atoms with Gasteiger partial charge in [0.15, 0.2) is 0 Å². The topological polar surface area (TPSA) is 78.9 Å². The van der Waals surface area contributed by atoms with Crippen LogP contribution in [0, 0.1) is 0 Å². The Morgan fingerprint density at radius 3 is 2.79 bits per heavy atom. The molecule has 6 nitrogen and oxygen atoms in total. The average molecular weight is 272 g/mol. The average Bonchev–Trinajstić information content (AvgIpc) is 2.58. The van der Waals surface area contributed by atoms with E-state index in [9.17, 15) is 9.59 Å². The molecule has 0 radical (unpaired) electrons. The van der Waals surface area contributed by atoms with Crippen LogP contribution in [0.3, 0.4) is 0 Å². The minimum absolute atomic E-state index is 0.166. The van der Waals surface area contributed by atoms with Crippen LogP contribution in [-0.4, -0.2) is 54.4 Å². The second kappa shape index (κ2) is 7.99. The highest BCUT2D eigenvalue weighted by molar-refractivity contribution is 5.82. The molecule has 2 amide bonds. The molecule has 0 aliphatic carbocycles. The predicted octanol–water partition coefficient (Wildman–Crippen LogP) is 1.45. The van der Waals surface area contributed by atoms with Crippen LogP contribution in [0.2, 0.25) is 0 Å². The summed E-state index contributed by atoms with van der Waals surface area (Å²) < 4.78 is 4.86. The van der Waals surface area contributed by atoms with E-state index in [4.69, 9.17) is 9.84 Å². The smallest absolute Gasteiger partial charge is 0.326 e. The maximum absolute atomic E-state index is 12.1. The second-order valence-corrected chi connectivity index (χ2v) is 5.01. The van der Waals surface area contributed by atoms with Gasteiger partial charge in [0.1, 0.15) is 6.04 Å². The summed E-state index contributed by atoms with van der Waals surface area (Å²) in [6, 6.07) is -1.000. The van der Waals surface area contributed by atoms with E-state index in [0.717, 1.165) is 25.7 Å². The van der Waals surface area contributed by atoms with Crippen LogP contribution in [0.4, 0.5) is 4.79 Å². The molecule has 1 rings (SSSR count). The van der Waals surface area contributed by atoms with Gasteiger partial charge in [-0.2, -0.15) is 0 Å². The minimum Gasteiger partial charge on any atom is -0.480 e. The summed E-state index contributed by atoms with van der Waals surface area (Å²) in [5.74, 6) is -1.02. The molecule has 2 unspecified atom stereocenters. The number of ether oxygens (including phenoxy) is 1. The summed E-state index contributed by atoms with van der Waals surface area (Å²) in [5, 5.41) is 11.7. The summed E-state index contributed by atoms with van der Waals surface area (Å²) in [7, 11) is 1.51. The number of carbonyl (C=O) groups is 2. The number of methoxy groups -OCH3 is 1. The number of hydrogen-bond acceptors (Lipinski definition) is 3. The fraction of sp³-hybridized carbons (Fsp3) is 0.846. The number of nitrogens with zero attached hydrogens (tertiary/aromatic N) is 1. The molecule has 0 spiro atoms. The summed E-state index contributed by atoms with van der Waals surface area (Å²) in [4.78, 5) is 25.0. The summed E-state index contributed by atoms with van der Waals surface area (Å²) >= 11 is 0. The number of urea groups is 1. The Balaban J connectivity index is 2.56. The van der Waals surface area contributed by atoms with Crippen molar-refractivity contribution in [3.63, 3.8) is 0 Å². The van der Waals surface area contributed by atoms with Crippen LogP contribution in [0.1, 0.15) is 39.0 Å². The molecule has 110 valence electrons. The first-order valence-corrected chi connectivity index (χ1v) is 6.85. The van der Waals surface area contributed by atoms with Gasteiger partial charge in [0.25, 0.3) is 0 Å². The lowest BCUT2D eigenvalue weighted by molar-refractivity contribution is -0.139.